The van der Waals surface area contributed by atoms with Crippen LogP contribution in [0, 0.1) is 5.82 Å². The highest BCUT2D eigenvalue weighted by atomic mass is 79.9. The number of hydrogen-bond donors (Lipinski definition) is 0. The second kappa shape index (κ2) is 7.91. The zero-order valence-corrected chi connectivity index (χ0v) is 16.2. The van der Waals surface area contributed by atoms with Gasteiger partial charge in [0.1, 0.15) is 17.1 Å². The average Bonchev–Trinajstić information content (AvgIpc) is 3.04. The molecule has 1 amide bonds. The van der Waals surface area contributed by atoms with Crippen LogP contribution in [-0.2, 0) is 17.8 Å². The van der Waals surface area contributed by atoms with Crippen LogP contribution in [0.5, 0.6) is 5.75 Å². The van der Waals surface area contributed by atoms with Crippen molar-refractivity contribution in [1.82, 2.24) is 4.90 Å². The molecule has 2 aromatic carbocycles. The van der Waals surface area contributed by atoms with Crippen LogP contribution in [-0.4, -0.2) is 24.5 Å². The summed E-state index contributed by atoms with van der Waals surface area (Å²) >= 11 is 3.34. The Morgan fingerprint density at radius 1 is 1.23 bits per heavy atom. The summed E-state index contributed by atoms with van der Waals surface area (Å²) in [4.78, 5) is 14.4. The molecule has 0 fully saturated rings. The van der Waals surface area contributed by atoms with Gasteiger partial charge in [-0.15, -0.1) is 0 Å². The standard InChI is InChI=1S/C20H19BrFNO3/c1-3-23(11-13-8-15(21)4-7-18(13)22)20(24)9-14-12-26-19-10-16(25-2)5-6-17(14)19/h4-8,10,12H,3,9,11H2,1-2H3. The van der Waals surface area contributed by atoms with Gasteiger partial charge in [0, 0.05) is 40.1 Å². The summed E-state index contributed by atoms with van der Waals surface area (Å²) in [6.45, 7) is 2.60. The first-order valence-corrected chi connectivity index (χ1v) is 9.07. The molecule has 0 aliphatic heterocycles. The maximum Gasteiger partial charge on any atom is 0.227 e. The molecular formula is C20H19BrFNO3. The van der Waals surface area contributed by atoms with Crippen molar-refractivity contribution in [3.63, 3.8) is 0 Å². The third kappa shape index (κ3) is 3.90. The minimum absolute atomic E-state index is 0.0783. The molecule has 4 nitrogen and oxygen atoms in total. The molecule has 0 saturated carbocycles. The van der Waals surface area contributed by atoms with Gasteiger partial charge >= 0.3 is 0 Å². The van der Waals surface area contributed by atoms with Gasteiger partial charge in [-0.05, 0) is 37.3 Å². The number of carbonyl (C=O) groups excluding carboxylic acids is 1. The van der Waals surface area contributed by atoms with Gasteiger partial charge in [0.25, 0.3) is 0 Å². The summed E-state index contributed by atoms with van der Waals surface area (Å²) in [6.07, 6.45) is 1.79. The van der Waals surface area contributed by atoms with Crippen LogP contribution in [0.15, 0.2) is 51.6 Å². The Bertz CT molecular complexity index is 938. The van der Waals surface area contributed by atoms with Crippen molar-refractivity contribution in [3.8, 4) is 5.75 Å². The van der Waals surface area contributed by atoms with Crippen LogP contribution >= 0.6 is 15.9 Å². The minimum atomic E-state index is -0.319. The fraction of sp³-hybridized carbons (Fsp3) is 0.250. The maximum absolute atomic E-state index is 14.0. The first-order chi connectivity index (χ1) is 12.5. The number of amides is 1. The fourth-order valence-corrected chi connectivity index (χ4v) is 3.26. The number of fused-ring (bicyclic) bond motifs is 1. The molecule has 3 rings (SSSR count). The lowest BCUT2D eigenvalue weighted by molar-refractivity contribution is -0.130. The molecule has 1 aromatic heterocycles. The number of rotatable bonds is 6. The smallest absolute Gasteiger partial charge is 0.227 e. The van der Waals surface area contributed by atoms with Crippen molar-refractivity contribution < 1.29 is 18.3 Å². The van der Waals surface area contributed by atoms with E-state index in [1.54, 1.807) is 36.5 Å². The fourth-order valence-electron chi connectivity index (χ4n) is 2.85. The van der Waals surface area contributed by atoms with Gasteiger partial charge in [0.2, 0.25) is 5.91 Å². The summed E-state index contributed by atoms with van der Waals surface area (Å²) in [7, 11) is 1.59. The molecule has 0 N–H and O–H groups in total. The minimum Gasteiger partial charge on any atom is -0.497 e. The third-order valence-corrected chi connectivity index (χ3v) is 4.80. The van der Waals surface area contributed by atoms with E-state index in [1.807, 2.05) is 19.1 Å². The first kappa shape index (κ1) is 18.5. The number of halogens is 2. The Balaban J connectivity index is 1.78. The lowest BCUT2D eigenvalue weighted by Crippen LogP contribution is -2.31. The maximum atomic E-state index is 14.0. The second-order valence-electron chi connectivity index (χ2n) is 5.94. The summed E-state index contributed by atoms with van der Waals surface area (Å²) in [5.41, 5.74) is 1.96. The Morgan fingerprint density at radius 3 is 2.77 bits per heavy atom. The molecule has 0 atom stereocenters. The van der Waals surface area contributed by atoms with Crippen LogP contribution in [0.2, 0.25) is 0 Å². The van der Waals surface area contributed by atoms with E-state index in [0.717, 1.165) is 15.4 Å². The van der Waals surface area contributed by atoms with Crippen LogP contribution in [0.4, 0.5) is 4.39 Å². The molecule has 136 valence electrons. The highest BCUT2D eigenvalue weighted by Crippen LogP contribution is 2.26. The number of ether oxygens (including phenoxy) is 1. The quantitative estimate of drug-likeness (QED) is 0.568. The molecule has 0 aliphatic rings. The second-order valence-corrected chi connectivity index (χ2v) is 6.86. The number of furan rings is 1. The van der Waals surface area contributed by atoms with Crippen molar-refractivity contribution in [1.29, 1.82) is 0 Å². The summed E-state index contributed by atoms with van der Waals surface area (Å²) in [6, 6.07) is 10.2. The predicted molar refractivity (Wildman–Crippen MR) is 102 cm³/mol. The molecule has 0 spiro atoms. The number of methoxy groups -OCH3 is 1. The zero-order valence-electron chi connectivity index (χ0n) is 14.6. The summed E-state index contributed by atoms with van der Waals surface area (Å²) < 4.78 is 25.5. The van der Waals surface area contributed by atoms with Gasteiger partial charge in [0.05, 0.1) is 19.8 Å². The number of likely N-dealkylation sites (N-methyl/N-ethyl adjacent to an activating group) is 1. The van der Waals surface area contributed by atoms with E-state index in [0.29, 0.717) is 23.4 Å². The van der Waals surface area contributed by atoms with Gasteiger partial charge in [-0.2, -0.15) is 0 Å². The first-order valence-electron chi connectivity index (χ1n) is 8.27. The molecule has 0 aliphatic carbocycles. The Labute approximate surface area is 159 Å². The largest absolute Gasteiger partial charge is 0.497 e. The van der Waals surface area contributed by atoms with Gasteiger partial charge < -0.3 is 14.1 Å². The number of benzene rings is 2. The SMILES string of the molecule is CCN(Cc1cc(Br)ccc1F)C(=O)Cc1coc2cc(OC)ccc12. The molecule has 0 bridgehead atoms. The molecule has 26 heavy (non-hydrogen) atoms. The van der Waals surface area contributed by atoms with E-state index < -0.39 is 0 Å². The van der Waals surface area contributed by atoms with Gasteiger partial charge in [-0.25, -0.2) is 4.39 Å². The molecule has 3 aromatic rings. The number of hydrogen-bond acceptors (Lipinski definition) is 3. The molecule has 6 heteroatoms. The van der Waals surface area contributed by atoms with Crippen molar-refractivity contribution >= 4 is 32.8 Å². The lowest BCUT2D eigenvalue weighted by atomic mass is 10.1. The van der Waals surface area contributed by atoms with Crippen molar-refractivity contribution in [2.24, 2.45) is 0 Å². The van der Waals surface area contributed by atoms with Crippen molar-refractivity contribution in [2.75, 3.05) is 13.7 Å². The Morgan fingerprint density at radius 2 is 2.04 bits per heavy atom. The van der Waals surface area contributed by atoms with Gasteiger partial charge in [-0.1, -0.05) is 15.9 Å². The molecule has 0 saturated heterocycles. The molecule has 1 heterocycles. The third-order valence-electron chi connectivity index (χ3n) is 4.31. The molecule has 0 radical (unpaired) electrons. The van der Waals surface area contributed by atoms with Crippen LogP contribution in [0.1, 0.15) is 18.1 Å². The van der Waals surface area contributed by atoms with E-state index >= 15 is 0 Å². The normalized spacial score (nSPS) is 10.9. The summed E-state index contributed by atoms with van der Waals surface area (Å²) in [5, 5.41) is 0.879. The summed E-state index contributed by atoms with van der Waals surface area (Å²) in [5.74, 6) is 0.302. The highest BCUT2D eigenvalue weighted by molar-refractivity contribution is 9.10. The van der Waals surface area contributed by atoms with E-state index in [-0.39, 0.29) is 24.7 Å². The van der Waals surface area contributed by atoms with Gasteiger partial charge in [0.15, 0.2) is 0 Å². The van der Waals surface area contributed by atoms with E-state index in [2.05, 4.69) is 15.9 Å². The highest BCUT2D eigenvalue weighted by Gasteiger charge is 2.18. The molecular weight excluding hydrogens is 401 g/mol. The van der Waals surface area contributed by atoms with E-state index in [9.17, 15) is 9.18 Å². The lowest BCUT2D eigenvalue weighted by Gasteiger charge is -2.21. The Hall–Kier alpha value is -2.34. The topological polar surface area (TPSA) is 42.7 Å². The number of nitrogens with zero attached hydrogens (tertiary/aromatic N) is 1. The molecule has 0 unspecified atom stereocenters. The van der Waals surface area contributed by atoms with Crippen LogP contribution in [0.3, 0.4) is 0 Å². The number of carbonyl (C=O) groups is 1. The van der Waals surface area contributed by atoms with Crippen LogP contribution < -0.4 is 4.74 Å². The van der Waals surface area contributed by atoms with E-state index in [4.69, 9.17) is 9.15 Å². The predicted octanol–water partition coefficient (Wildman–Crippen LogP) is 4.93. The Kier molecular flexibility index (Phi) is 5.61. The van der Waals surface area contributed by atoms with Crippen LogP contribution in [0.25, 0.3) is 11.0 Å². The monoisotopic (exact) mass is 419 g/mol. The van der Waals surface area contributed by atoms with Crippen molar-refractivity contribution in [2.45, 2.75) is 19.9 Å². The average molecular weight is 420 g/mol. The van der Waals surface area contributed by atoms with E-state index in [1.165, 1.54) is 6.07 Å². The van der Waals surface area contributed by atoms with Crippen molar-refractivity contribution in [3.05, 3.63) is 64.1 Å². The zero-order chi connectivity index (χ0) is 18.7. The van der Waals surface area contributed by atoms with Gasteiger partial charge in [-0.3, -0.25) is 4.79 Å².